The van der Waals surface area contributed by atoms with Crippen LogP contribution in [-0.4, -0.2) is 68.5 Å². The number of nitrogens with zero attached hydrogens (tertiary/aromatic N) is 6. The lowest BCUT2D eigenvalue weighted by Crippen LogP contribution is -2.38. The topological polar surface area (TPSA) is 107 Å². The zero-order valence-corrected chi connectivity index (χ0v) is 15.9. The van der Waals surface area contributed by atoms with Crippen LogP contribution in [0.1, 0.15) is 20.3 Å². The summed E-state index contributed by atoms with van der Waals surface area (Å²) in [6.45, 7) is 9.60. The van der Waals surface area contributed by atoms with Crippen molar-refractivity contribution in [2.75, 3.05) is 39.3 Å². The molecule has 0 unspecified atom stereocenters. The van der Waals surface area contributed by atoms with Crippen molar-refractivity contribution < 1.29 is 4.74 Å². The SMILES string of the molecule is CCN(CC)CCNCCCOc1nnc2c(n1)c(=O)n(C)c(=O)n2C. The Morgan fingerprint density at radius 1 is 1.08 bits per heavy atom. The maximum absolute atomic E-state index is 12.2. The molecule has 0 aliphatic rings. The molecule has 0 bridgehead atoms. The summed E-state index contributed by atoms with van der Waals surface area (Å²) in [5.74, 6) is 0. The van der Waals surface area contributed by atoms with Crippen molar-refractivity contribution in [2.24, 2.45) is 14.1 Å². The van der Waals surface area contributed by atoms with Crippen LogP contribution < -0.4 is 21.3 Å². The fourth-order valence-corrected chi connectivity index (χ4v) is 2.56. The highest BCUT2D eigenvalue weighted by atomic mass is 16.5. The number of aromatic nitrogens is 5. The first-order valence-electron chi connectivity index (χ1n) is 8.85. The summed E-state index contributed by atoms with van der Waals surface area (Å²) in [7, 11) is 2.92. The fraction of sp³-hybridized carbons (Fsp3) is 0.688. The average Bonchev–Trinajstić information content (AvgIpc) is 2.66. The summed E-state index contributed by atoms with van der Waals surface area (Å²) in [6.07, 6.45) is 0.783. The number of likely N-dealkylation sites (N-methyl/N-ethyl adjacent to an activating group) is 1. The van der Waals surface area contributed by atoms with E-state index in [4.69, 9.17) is 4.74 Å². The van der Waals surface area contributed by atoms with E-state index < -0.39 is 11.2 Å². The van der Waals surface area contributed by atoms with Crippen molar-refractivity contribution in [3.05, 3.63) is 20.8 Å². The largest absolute Gasteiger partial charge is 0.462 e. The van der Waals surface area contributed by atoms with Crippen LogP contribution in [0.2, 0.25) is 0 Å². The predicted octanol–water partition coefficient (Wildman–Crippen LogP) is -0.877. The molecule has 0 saturated heterocycles. The van der Waals surface area contributed by atoms with E-state index in [1.54, 1.807) is 0 Å². The quantitative estimate of drug-likeness (QED) is 0.541. The molecule has 0 aliphatic heterocycles. The molecule has 0 saturated carbocycles. The number of ether oxygens (including phenoxy) is 1. The summed E-state index contributed by atoms with van der Waals surface area (Å²) < 4.78 is 7.70. The first kappa shape index (κ1) is 20.0. The first-order valence-corrected chi connectivity index (χ1v) is 8.85. The zero-order valence-electron chi connectivity index (χ0n) is 15.9. The van der Waals surface area contributed by atoms with E-state index in [2.05, 4.69) is 39.2 Å². The van der Waals surface area contributed by atoms with E-state index in [0.29, 0.717) is 6.61 Å². The van der Waals surface area contributed by atoms with Gasteiger partial charge in [-0.1, -0.05) is 18.9 Å². The van der Waals surface area contributed by atoms with Crippen LogP contribution in [-0.2, 0) is 14.1 Å². The molecule has 2 heterocycles. The van der Waals surface area contributed by atoms with E-state index >= 15 is 0 Å². The second kappa shape index (κ2) is 9.39. The van der Waals surface area contributed by atoms with Gasteiger partial charge in [0, 0.05) is 27.2 Å². The Morgan fingerprint density at radius 3 is 2.50 bits per heavy atom. The summed E-state index contributed by atoms with van der Waals surface area (Å²) in [5, 5.41) is 11.1. The average molecular weight is 365 g/mol. The zero-order chi connectivity index (χ0) is 19.1. The van der Waals surface area contributed by atoms with Crippen molar-refractivity contribution in [3.8, 4) is 6.01 Å². The highest BCUT2D eigenvalue weighted by Crippen LogP contribution is 2.05. The van der Waals surface area contributed by atoms with Crippen LogP contribution in [0.15, 0.2) is 9.59 Å². The van der Waals surface area contributed by atoms with Gasteiger partial charge in [0.1, 0.15) is 0 Å². The smallest absolute Gasteiger partial charge is 0.336 e. The Balaban J connectivity index is 1.86. The lowest BCUT2D eigenvalue weighted by atomic mass is 10.4. The maximum Gasteiger partial charge on any atom is 0.336 e. The molecular formula is C16H27N7O3. The molecule has 0 radical (unpaired) electrons. The highest BCUT2D eigenvalue weighted by Gasteiger charge is 2.13. The third-order valence-electron chi connectivity index (χ3n) is 4.28. The highest BCUT2D eigenvalue weighted by molar-refractivity contribution is 5.67. The van der Waals surface area contributed by atoms with Crippen molar-refractivity contribution in [2.45, 2.75) is 20.3 Å². The summed E-state index contributed by atoms with van der Waals surface area (Å²) in [4.78, 5) is 30.5. The van der Waals surface area contributed by atoms with E-state index in [1.165, 1.54) is 18.7 Å². The molecular weight excluding hydrogens is 338 g/mol. The molecule has 1 N–H and O–H groups in total. The van der Waals surface area contributed by atoms with E-state index in [0.717, 1.165) is 43.7 Å². The predicted molar refractivity (Wildman–Crippen MR) is 98.6 cm³/mol. The first-order chi connectivity index (χ1) is 12.5. The normalized spacial score (nSPS) is 11.4. The second-order valence-electron chi connectivity index (χ2n) is 5.95. The van der Waals surface area contributed by atoms with Crippen LogP contribution >= 0.6 is 0 Å². The Bertz CT molecular complexity index is 842. The summed E-state index contributed by atoms with van der Waals surface area (Å²) >= 11 is 0. The van der Waals surface area contributed by atoms with Crippen molar-refractivity contribution >= 4 is 11.2 Å². The van der Waals surface area contributed by atoms with Crippen LogP contribution in [0.4, 0.5) is 0 Å². The summed E-state index contributed by atoms with van der Waals surface area (Å²) in [5.41, 5.74) is -0.774. The van der Waals surface area contributed by atoms with Crippen LogP contribution in [0.25, 0.3) is 11.2 Å². The Labute approximate surface area is 151 Å². The Kier molecular flexibility index (Phi) is 7.22. The molecule has 2 rings (SSSR count). The lowest BCUT2D eigenvalue weighted by molar-refractivity contribution is 0.276. The number of hydrogen-bond donors (Lipinski definition) is 1. The molecule has 0 spiro atoms. The van der Waals surface area contributed by atoms with Gasteiger partial charge in [-0.05, 0) is 26.1 Å². The molecule has 0 aliphatic carbocycles. The minimum Gasteiger partial charge on any atom is -0.462 e. The van der Waals surface area contributed by atoms with E-state index in [-0.39, 0.29) is 17.2 Å². The molecule has 10 heteroatoms. The minimum absolute atomic E-state index is 0.0383. The summed E-state index contributed by atoms with van der Waals surface area (Å²) in [6, 6.07) is 0.0383. The van der Waals surface area contributed by atoms with Gasteiger partial charge in [0.25, 0.3) is 5.56 Å². The van der Waals surface area contributed by atoms with Gasteiger partial charge in [0.15, 0.2) is 11.2 Å². The molecule has 10 nitrogen and oxygen atoms in total. The number of hydrogen-bond acceptors (Lipinski definition) is 8. The molecule has 0 fully saturated rings. The van der Waals surface area contributed by atoms with Crippen LogP contribution in [0.3, 0.4) is 0 Å². The van der Waals surface area contributed by atoms with Crippen LogP contribution in [0, 0.1) is 0 Å². The third-order valence-corrected chi connectivity index (χ3v) is 4.28. The fourth-order valence-electron chi connectivity index (χ4n) is 2.56. The van der Waals surface area contributed by atoms with Crippen molar-refractivity contribution in [1.82, 2.24) is 34.5 Å². The second-order valence-corrected chi connectivity index (χ2v) is 5.95. The van der Waals surface area contributed by atoms with Gasteiger partial charge in [-0.3, -0.25) is 13.9 Å². The van der Waals surface area contributed by atoms with E-state index in [1.807, 2.05) is 0 Å². The monoisotopic (exact) mass is 365 g/mol. The van der Waals surface area contributed by atoms with Crippen molar-refractivity contribution in [3.63, 3.8) is 0 Å². The molecule has 0 aromatic carbocycles. The Hall–Kier alpha value is -2.33. The molecule has 26 heavy (non-hydrogen) atoms. The van der Waals surface area contributed by atoms with E-state index in [9.17, 15) is 9.59 Å². The van der Waals surface area contributed by atoms with Gasteiger partial charge >= 0.3 is 11.7 Å². The molecule has 2 aromatic rings. The van der Waals surface area contributed by atoms with Gasteiger partial charge in [-0.15, -0.1) is 5.10 Å². The van der Waals surface area contributed by atoms with Crippen LogP contribution in [0.5, 0.6) is 6.01 Å². The lowest BCUT2D eigenvalue weighted by Gasteiger charge is -2.17. The minimum atomic E-state index is -0.513. The maximum atomic E-state index is 12.2. The molecule has 0 atom stereocenters. The van der Waals surface area contributed by atoms with Gasteiger partial charge in [-0.2, -0.15) is 4.98 Å². The standard InChI is InChI=1S/C16H27N7O3/c1-5-23(6-2)10-9-17-8-7-11-26-15-18-12-13(19-20-15)21(3)16(25)22(4)14(12)24/h17H,5-11H2,1-4H3. The van der Waals surface area contributed by atoms with Gasteiger partial charge in [0.05, 0.1) is 6.61 Å². The number of fused-ring (bicyclic) bond motifs is 1. The van der Waals surface area contributed by atoms with Crippen molar-refractivity contribution in [1.29, 1.82) is 0 Å². The molecule has 0 amide bonds. The number of rotatable bonds is 10. The molecule has 2 aromatic heterocycles. The number of aryl methyl sites for hydroxylation is 1. The van der Waals surface area contributed by atoms with Gasteiger partial charge < -0.3 is 15.0 Å². The Morgan fingerprint density at radius 2 is 1.81 bits per heavy atom. The third kappa shape index (κ3) is 4.64. The number of nitrogens with one attached hydrogen (secondary N) is 1. The van der Waals surface area contributed by atoms with Gasteiger partial charge in [0.2, 0.25) is 0 Å². The molecule has 144 valence electrons. The van der Waals surface area contributed by atoms with Gasteiger partial charge in [-0.25, -0.2) is 4.79 Å².